The molecule has 0 radical (unpaired) electrons. The third-order valence-corrected chi connectivity index (χ3v) is 26.6. The van der Waals surface area contributed by atoms with Crippen LogP contribution in [0, 0.1) is 0 Å². The normalized spacial score (nSPS) is 15.0. The highest BCUT2D eigenvalue weighted by Gasteiger charge is 2.59. The number of anilines is 6. The summed E-state index contributed by atoms with van der Waals surface area (Å²) in [7, 11) is 0. The van der Waals surface area contributed by atoms with Crippen molar-refractivity contribution in [3.63, 3.8) is 0 Å². The van der Waals surface area contributed by atoms with Crippen LogP contribution in [0.25, 0.3) is 105 Å². The summed E-state index contributed by atoms with van der Waals surface area (Å²) in [5, 5.41) is 2.44. The Hall–Kier alpha value is -13.8. The van der Waals surface area contributed by atoms with Crippen molar-refractivity contribution >= 4 is 79.0 Å². The molecule has 8 aliphatic rings. The Balaban J connectivity index is 0.854. The van der Waals surface area contributed by atoms with Crippen LogP contribution >= 0.6 is 0 Å². The van der Waals surface area contributed by atoms with E-state index in [1.54, 1.807) is 0 Å². The first-order chi connectivity index (χ1) is 54.1. The Kier molecular flexibility index (Phi) is 11.2. The minimum absolute atomic E-state index is 0.306. The Labute approximate surface area is 631 Å². The molecule has 0 fully saturated rings. The van der Waals surface area contributed by atoms with Gasteiger partial charge >= 0.3 is 0 Å². The highest BCUT2D eigenvalue weighted by atomic mass is 15.2. The van der Waals surface area contributed by atoms with Crippen LogP contribution < -0.4 is 26.2 Å². The maximum Gasteiger partial charge on any atom is 0.252 e. The van der Waals surface area contributed by atoms with Crippen molar-refractivity contribution in [1.29, 1.82) is 0 Å². The van der Waals surface area contributed by atoms with E-state index in [2.05, 4.69) is 390 Å². The van der Waals surface area contributed by atoms with Gasteiger partial charge in [-0.25, -0.2) is 0 Å². The molecule has 3 heterocycles. The van der Waals surface area contributed by atoms with Crippen LogP contribution in [0.4, 0.5) is 34.1 Å². The molecule has 1 aromatic heterocycles. The predicted molar refractivity (Wildman–Crippen MR) is 449 cm³/mol. The van der Waals surface area contributed by atoms with Gasteiger partial charge in [-0.2, -0.15) is 0 Å². The lowest BCUT2D eigenvalue weighted by Gasteiger charge is -2.46. The highest BCUT2D eigenvalue weighted by molar-refractivity contribution is 7.01. The SMILES string of the molecule is c1ccc(-c2ccc(N3c4cc(-n5c6ccccc6c6ccccc65)cc5c4B(c4ccc6c(c4N5c4ccc5c(c4)C4(c7ccccc7-c7ccccc74)c4ccccc4-5)-c4ccccc4C64c5ccccc5-c5ccccc54)c4c3ccc3c4-c4ccccc4C34c3ccccc3-c3ccccc34)cc2)cc1. The Bertz CT molecular complexity index is 6950. The molecule has 3 spiro atoms. The molecule has 0 saturated carbocycles. The topological polar surface area (TPSA) is 11.4 Å². The third-order valence-electron chi connectivity index (χ3n) is 26.6. The fourth-order valence-electron chi connectivity index (χ4n) is 22.9. The van der Waals surface area contributed by atoms with E-state index >= 15 is 0 Å². The second-order valence-electron chi connectivity index (χ2n) is 31.0. The minimum atomic E-state index is -0.639. The van der Waals surface area contributed by atoms with Crippen molar-refractivity contribution in [3.8, 4) is 83.6 Å². The highest BCUT2D eigenvalue weighted by Crippen LogP contribution is 2.69. The number of nitrogens with zero attached hydrogens (tertiary/aromatic N) is 3. The van der Waals surface area contributed by atoms with Crippen LogP contribution in [0.2, 0.25) is 0 Å². The second-order valence-corrected chi connectivity index (χ2v) is 31.0. The minimum Gasteiger partial charge on any atom is -0.311 e. The maximum atomic E-state index is 2.80. The van der Waals surface area contributed by atoms with Gasteiger partial charge < -0.3 is 14.4 Å². The summed E-state index contributed by atoms with van der Waals surface area (Å²) in [6.07, 6.45) is 0. The molecule has 500 valence electrons. The van der Waals surface area contributed by atoms with Gasteiger partial charge in [0.15, 0.2) is 0 Å². The van der Waals surface area contributed by atoms with E-state index in [0.717, 1.165) is 39.5 Å². The summed E-state index contributed by atoms with van der Waals surface area (Å²) in [6.45, 7) is -0.306. The molecular weight excluding hydrogens is 1310 g/mol. The van der Waals surface area contributed by atoms with Gasteiger partial charge in [-0.15, -0.1) is 0 Å². The van der Waals surface area contributed by atoms with Crippen LogP contribution in [0.3, 0.4) is 0 Å². The summed E-state index contributed by atoms with van der Waals surface area (Å²) in [5.74, 6) is 0. The molecule has 0 atom stereocenters. The lowest BCUT2D eigenvalue weighted by Crippen LogP contribution is -2.62. The van der Waals surface area contributed by atoms with E-state index in [1.165, 1.54) is 183 Å². The van der Waals surface area contributed by atoms with Crippen molar-refractivity contribution in [3.05, 3.63) is 443 Å². The molecule has 26 rings (SSSR count). The van der Waals surface area contributed by atoms with Crippen molar-refractivity contribution in [2.24, 2.45) is 0 Å². The lowest BCUT2D eigenvalue weighted by molar-refractivity contribution is 0.793. The first-order valence-corrected chi connectivity index (χ1v) is 38.4. The first-order valence-electron chi connectivity index (χ1n) is 38.4. The fourth-order valence-corrected chi connectivity index (χ4v) is 22.9. The van der Waals surface area contributed by atoms with E-state index in [-0.39, 0.29) is 6.71 Å². The predicted octanol–water partition coefficient (Wildman–Crippen LogP) is 23.6. The van der Waals surface area contributed by atoms with Crippen LogP contribution in [-0.4, -0.2) is 11.3 Å². The molecule has 0 bridgehead atoms. The molecule has 109 heavy (non-hydrogen) atoms. The van der Waals surface area contributed by atoms with E-state index < -0.39 is 16.2 Å². The Morgan fingerprint density at radius 3 is 1.06 bits per heavy atom. The molecule has 6 aliphatic carbocycles. The van der Waals surface area contributed by atoms with Crippen molar-refractivity contribution in [2.75, 3.05) is 9.80 Å². The molecule has 0 saturated heterocycles. The average molecular weight is 1380 g/mol. The summed E-state index contributed by atoms with van der Waals surface area (Å²) in [4.78, 5) is 5.48. The van der Waals surface area contributed by atoms with Crippen molar-refractivity contribution in [2.45, 2.75) is 16.2 Å². The molecule has 3 nitrogen and oxygen atoms in total. The summed E-state index contributed by atoms with van der Waals surface area (Å²) >= 11 is 0. The molecule has 0 N–H and O–H groups in total. The van der Waals surface area contributed by atoms with Crippen LogP contribution in [0.15, 0.2) is 376 Å². The van der Waals surface area contributed by atoms with Gasteiger partial charge in [-0.3, -0.25) is 0 Å². The molecular formula is C105H62BN3. The van der Waals surface area contributed by atoms with Crippen LogP contribution in [0.5, 0.6) is 0 Å². The number of aromatic nitrogens is 1. The maximum absolute atomic E-state index is 2.80. The van der Waals surface area contributed by atoms with Gasteiger partial charge in [0, 0.05) is 50.5 Å². The van der Waals surface area contributed by atoms with E-state index in [1.807, 2.05) is 0 Å². The van der Waals surface area contributed by atoms with E-state index in [4.69, 9.17) is 0 Å². The molecule has 0 amide bonds. The molecule has 2 aliphatic heterocycles. The van der Waals surface area contributed by atoms with E-state index in [0.29, 0.717) is 0 Å². The number of hydrogen-bond donors (Lipinski definition) is 0. The zero-order valence-corrected chi connectivity index (χ0v) is 59.2. The summed E-state index contributed by atoms with van der Waals surface area (Å²) in [5.41, 5.74) is 45.9. The smallest absolute Gasteiger partial charge is 0.252 e. The van der Waals surface area contributed by atoms with Crippen LogP contribution in [-0.2, 0) is 16.2 Å². The number of rotatable bonds is 4. The van der Waals surface area contributed by atoms with Crippen LogP contribution in [0.1, 0.15) is 66.8 Å². The van der Waals surface area contributed by atoms with Gasteiger partial charge in [0.1, 0.15) is 0 Å². The summed E-state index contributed by atoms with van der Waals surface area (Å²) < 4.78 is 2.57. The van der Waals surface area contributed by atoms with Gasteiger partial charge in [0.2, 0.25) is 0 Å². The number of para-hydroxylation sites is 2. The quantitative estimate of drug-likeness (QED) is 0.163. The molecule has 17 aromatic carbocycles. The Morgan fingerprint density at radius 2 is 0.569 bits per heavy atom. The standard InChI is InChI=1S/C105H62BN3/c1-2-26-63(27-3-1)64-50-52-65(53-51-64)107-95-59-57-89-98(78-37-11-22-46-87(78)103(89)80-39-15-4-28-68(80)69-29-5-16-40-81(69)103)101(95)106-92-58-56-90-99(79-38-12-23-47-88(79)104(90)82-41-17-6-30-70(82)71-31-7-18-42-83(71)104)102(92)109(97-62-67(61-96(107)100(97)106)108-93-48-24-13-35-76(93)77-36-14-25-49-94(77)108)66-54-55-75-74-34-10-21-45-86(74)105(91(75)60-66)84-43-19-8-32-72(84)73-33-9-20-44-85(73)105/h1-62H. The van der Waals surface area contributed by atoms with Gasteiger partial charge in [0.25, 0.3) is 6.71 Å². The average Bonchev–Trinajstić information content (AvgIpc) is 1.54. The van der Waals surface area contributed by atoms with Gasteiger partial charge in [-0.1, -0.05) is 322 Å². The monoisotopic (exact) mass is 1380 g/mol. The number of hydrogen-bond acceptors (Lipinski definition) is 2. The fraction of sp³-hybridized carbons (Fsp3) is 0.0286. The van der Waals surface area contributed by atoms with E-state index in [9.17, 15) is 0 Å². The summed E-state index contributed by atoms with van der Waals surface area (Å²) in [6, 6.07) is 146. The van der Waals surface area contributed by atoms with Crippen molar-refractivity contribution < 1.29 is 0 Å². The first kappa shape index (κ1) is 58.5. The number of benzene rings is 17. The molecule has 0 unspecified atom stereocenters. The zero-order valence-electron chi connectivity index (χ0n) is 59.2. The largest absolute Gasteiger partial charge is 0.311 e. The third kappa shape index (κ3) is 6.92. The van der Waals surface area contributed by atoms with Crippen molar-refractivity contribution in [1.82, 2.24) is 4.57 Å². The Morgan fingerprint density at radius 1 is 0.211 bits per heavy atom. The zero-order chi connectivity index (χ0) is 70.7. The molecule has 4 heteroatoms. The second kappa shape index (κ2) is 20.8. The lowest BCUT2D eigenvalue weighted by atomic mass is 9.32. The molecule has 18 aromatic rings. The number of fused-ring (bicyclic) bond motifs is 39. The van der Waals surface area contributed by atoms with Gasteiger partial charge in [-0.05, 0) is 210 Å². The van der Waals surface area contributed by atoms with Gasteiger partial charge in [0.05, 0.1) is 33.0 Å².